The molecule has 0 radical (unpaired) electrons. The maximum absolute atomic E-state index is 13.8. The number of hydrogen-bond donors (Lipinski definition) is 2. The number of rotatable bonds is 0. The molecule has 158 valence electrons. The molecule has 5 rings (SSSR count). The van der Waals surface area contributed by atoms with Gasteiger partial charge in [-0.15, -0.1) is 0 Å². The minimum absolute atomic E-state index is 0.0262. The number of ether oxygens (including phenoxy) is 2. The first-order valence-electron chi connectivity index (χ1n) is 11.1. The highest BCUT2D eigenvalue weighted by Crippen LogP contribution is 2.73. The highest BCUT2D eigenvalue weighted by molar-refractivity contribution is 5.92. The van der Waals surface area contributed by atoms with E-state index in [2.05, 4.69) is 20.8 Å². The van der Waals surface area contributed by atoms with Gasteiger partial charge in [0.05, 0.1) is 29.8 Å². The molecule has 10 atom stereocenters. The van der Waals surface area contributed by atoms with E-state index in [0.717, 1.165) is 19.3 Å². The third kappa shape index (κ3) is 2.00. The topological polar surface area (TPSA) is 76.0 Å². The molecule has 28 heavy (non-hydrogen) atoms. The third-order valence-corrected chi connectivity index (χ3v) is 9.72. The Labute approximate surface area is 168 Å². The molecule has 1 spiro atoms. The molecule has 1 aliphatic heterocycles. The number of aliphatic hydroxyl groups is 2. The van der Waals surface area contributed by atoms with Crippen LogP contribution in [0, 0.1) is 39.9 Å². The van der Waals surface area contributed by atoms with Crippen molar-refractivity contribution in [2.24, 2.45) is 39.9 Å². The van der Waals surface area contributed by atoms with E-state index in [1.165, 1.54) is 0 Å². The summed E-state index contributed by atoms with van der Waals surface area (Å²) in [6, 6.07) is 0. The van der Waals surface area contributed by atoms with Crippen molar-refractivity contribution >= 4 is 5.78 Å². The molecule has 1 saturated heterocycles. The molecule has 5 fully saturated rings. The van der Waals surface area contributed by atoms with Crippen LogP contribution >= 0.6 is 0 Å². The summed E-state index contributed by atoms with van der Waals surface area (Å²) in [4.78, 5) is 13.8. The van der Waals surface area contributed by atoms with Gasteiger partial charge in [-0.1, -0.05) is 27.7 Å². The molecule has 5 aliphatic rings. The lowest BCUT2D eigenvalue weighted by Gasteiger charge is -2.70. The molecular weight excluding hydrogens is 356 g/mol. The molecule has 0 aromatic rings. The predicted octanol–water partition coefficient (Wildman–Crippen LogP) is 2.92. The van der Waals surface area contributed by atoms with Gasteiger partial charge in [0.1, 0.15) is 5.78 Å². The molecule has 4 aliphatic carbocycles. The molecule has 5 nitrogen and oxygen atoms in total. The third-order valence-electron chi connectivity index (χ3n) is 9.72. The molecule has 5 heteroatoms. The van der Waals surface area contributed by atoms with Gasteiger partial charge >= 0.3 is 0 Å². The Balaban J connectivity index is 1.75. The van der Waals surface area contributed by atoms with Crippen LogP contribution in [0.3, 0.4) is 0 Å². The number of ketones is 1. The first-order valence-corrected chi connectivity index (χ1v) is 11.1. The number of fused-ring (bicyclic) bond motifs is 2. The number of hydrogen-bond acceptors (Lipinski definition) is 5. The first kappa shape index (κ1) is 19.5. The monoisotopic (exact) mass is 392 g/mol. The molecule has 0 aromatic carbocycles. The smallest absolute Gasteiger partial charge is 0.163 e. The Bertz CT molecular complexity index is 716. The van der Waals surface area contributed by atoms with Crippen molar-refractivity contribution in [2.45, 2.75) is 97.4 Å². The second kappa shape index (κ2) is 5.40. The molecule has 2 N–H and O–H groups in total. The van der Waals surface area contributed by atoms with Crippen molar-refractivity contribution in [2.75, 3.05) is 0 Å². The van der Waals surface area contributed by atoms with E-state index in [9.17, 15) is 15.0 Å². The van der Waals surface area contributed by atoms with Crippen LogP contribution < -0.4 is 0 Å². The Kier molecular flexibility index (Phi) is 3.76. The van der Waals surface area contributed by atoms with Gasteiger partial charge in [-0.25, -0.2) is 0 Å². The van der Waals surface area contributed by atoms with E-state index < -0.39 is 28.8 Å². The Morgan fingerprint density at radius 1 is 1.04 bits per heavy atom. The number of aliphatic hydroxyl groups excluding tert-OH is 2. The zero-order valence-corrected chi connectivity index (χ0v) is 18.1. The second-order valence-electron chi connectivity index (χ2n) is 11.8. The molecule has 4 saturated carbocycles. The van der Waals surface area contributed by atoms with Gasteiger partial charge in [-0.2, -0.15) is 0 Å². The van der Waals surface area contributed by atoms with E-state index in [-0.39, 0.29) is 47.1 Å². The van der Waals surface area contributed by atoms with Gasteiger partial charge < -0.3 is 19.7 Å². The predicted molar refractivity (Wildman–Crippen MR) is 103 cm³/mol. The summed E-state index contributed by atoms with van der Waals surface area (Å²) < 4.78 is 12.9. The average Bonchev–Trinajstić information content (AvgIpc) is 2.72. The van der Waals surface area contributed by atoms with Crippen LogP contribution in [0.25, 0.3) is 0 Å². The maximum Gasteiger partial charge on any atom is 0.163 e. The van der Waals surface area contributed by atoms with Gasteiger partial charge in [0.2, 0.25) is 0 Å². The van der Waals surface area contributed by atoms with Crippen molar-refractivity contribution in [3.8, 4) is 0 Å². The molecule has 0 amide bonds. The summed E-state index contributed by atoms with van der Waals surface area (Å²) in [5.41, 5.74) is -1.33. The molecule has 1 heterocycles. The van der Waals surface area contributed by atoms with E-state index in [1.807, 2.05) is 20.8 Å². The lowest BCUT2D eigenvalue weighted by molar-refractivity contribution is -0.394. The van der Waals surface area contributed by atoms with Gasteiger partial charge in [-0.3, -0.25) is 4.79 Å². The van der Waals surface area contributed by atoms with E-state index in [1.54, 1.807) is 0 Å². The quantitative estimate of drug-likeness (QED) is 0.663. The van der Waals surface area contributed by atoms with E-state index in [0.29, 0.717) is 6.42 Å². The largest absolute Gasteiger partial charge is 0.393 e. The SMILES string of the molecule is C[C@H]1C(=O)[C@@]23[C@@H]4OC(C)(C)O[C@@H]2C[C@@H]2C(C)(C)CC[C@@H](O)[C@@]2(C)[C@H]3[C@@H](O)C[C@H]41. The molecule has 2 bridgehead atoms. The summed E-state index contributed by atoms with van der Waals surface area (Å²) in [6.07, 6.45) is 1.37. The summed E-state index contributed by atoms with van der Waals surface area (Å²) in [7, 11) is 0. The van der Waals surface area contributed by atoms with E-state index >= 15 is 0 Å². The number of carbonyl (C=O) groups excluding carboxylic acids is 1. The van der Waals surface area contributed by atoms with E-state index in [4.69, 9.17) is 9.47 Å². The summed E-state index contributed by atoms with van der Waals surface area (Å²) in [6.45, 7) is 12.6. The van der Waals surface area contributed by atoms with Gasteiger partial charge in [0.25, 0.3) is 0 Å². The zero-order chi connectivity index (χ0) is 20.4. The second-order valence-corrected chi connectivity index (χ2v) is 11.8. The van der Waals surface area contributed by atoms with Crippen LogP contribution in [0.4, 0.5) is 0 Å². The van der Waals surface area contributed by atoms with Crippen LogP contribution in [0.1, 0.15) is 67.2 Å². The number of carbonyl (C=O) groups is 1. The van der Waals surface area contributed by atoms with Crippen molar-refractivity contribution in [1.82, 2.24) is 0 Å². The van der Waals surface area contributed by atoms with Crippen LogP contribution in [-0.4, -0.2) is 46.2 Å². The van der Waals surface area contributed by atoms with Gasteiger partial charge in [0.15, 0.2) is 5.79 Å². The van der Waals surface area contributed by atoms with Crippen LogP contribution in [-0.2, 0) is 14.3 Å². The highest BCUT2D eigenvalue weighted by atomic mass is 16.7. The summed E-state index contributed by atoms with van der Waals surface area (Å²) >= 11 is 0. The van der Waals surface area contributed by atoms with Gasteiger partial charge in [-0.05, 0) is 56.8 Å². The number of Topliss-reactive ketones (excluding diaryl/α,β-unsaturated/α-hetero) is 1. The fourth-order valence-electron chi connectivity index (χ4n) is 8.69. The maximum atomic E-state index is 13.8. The normalized spacial score (nSPS) is 58.8. The molecule has 0 aromatic heterocycles. The fraction of sp³-hybridized carbons (Fsp3) is 0.957. The first-order chi connectivity index (χ1) is 12.9. The standard InChI is InChI=1S/C23H36O5/c1-11-12-9-13(24)17-22(6)14(20(2,3)8-7-15(22)25)10-16-23(17,18(11)26)19(12)28-21(4,5)27-16/h11-17,19,24-25H,7-10H2,1-6H3/t11-,12+,13+,14-,15-,16-,17-,19-,22+,23-/m1/s1. The lowest BCUT2D eigenvalue weighted by atomic mass is 9.38. The van der Waals surface area contributed by atoms with Crippen molar-refractivity contribution < 1.29 is 24.5 Å². The van der Waals surface area contributed by atoms with Crippen LogP contribution in [0.5, 0.6) is 0 Å². The molecule has 0 unspecified atom stereocenters. The van der Waals surface area contributed by atoms with Crippen LogP contribution in [0.2, 0.25) is 0 Å². The Hall–Kier alpha value is -0.490. The minimum Gasteiger partial charge on any atom is -0.393 e. The Morgan fingerprint density at radius 3 is 2.39 bits per heavy atom. The van der Waals surface area contributed by atoms with Gasteiger partial charge in [0, 0.05) is 17.3 Å². The summed E-state index contributed by atoms with van der Waals surface area (Å²) in [5, 5.41) is 22.7. The van der Waals surface area contributed by atoms with Crippen molar-refractivity contribution in [1.29, 1.82) is 0 Å². The average molecular weight is 393 g/mol. The van der Waals surface area contributed by atoms with Crippen molar-refractivity contribution in [3.63, 3.8) is 0 Å². The fourth-order valence-corrected chi connectivity index (χ4v) is 8.69. The van der Waals surface area contributed by atoms with Crippen LogP contribution in [0.15, 0.2) is 0 Å². The Morgan fingerprint density at radius 2 is 1.71 bits per heavy atom. The van der Waals surface area contributed by atoms with Crippen molar-refractivity contribution in [3.05, 3.63) is 0 Å². The summed E-state index contributed by atoms with van der Waals surface area (Å²) in [5.74, 6) is -0.794. The minimum atomic E-state index is -0.836. The highest BCUT2D eigenvalue weighted by Gasteiger charge is 2.80. The molecular formula is C23H36O5. The lowest BCUT2D eigenvalue weighted by Crippen LogP contribution is -2.76. The zero-order valence-electron chi connectivity index (χ0n) is 18.1.